The molecule has 472 valence electrons. The van der Waals surface area contributed by atoms with E-state index in [9.17, 15) is 75.5 Å². The van der Waals surface area contributed by atoms with Crippen LogP contribution in [0.1, 0.15) is 66.8 Å². The van der Waals surface area contributed by atoms with Crippen molar-refractivity contribution in [2.24, 2.45) is 0 Å². The van der Waals surface area contributed by atoms with Gasteiger partial charge in [0.05, 0.1) is 0 Å². The first-order chi connectivity index (χ1) is 38.5. The molecule has 0 N–H and O–H groups in total. The summed E-state index contributed by atoms with van der Waals surface area (Å²) in [6.45, 7) is 27.1. The number of benzene rings is 8. The van der Waals surface area contributed by atoms with Crippen LogP contribution in [0.25, 0.3) is 0 Å². The van der Waals surface area contributed by atoms with Crippen LogP contribution in [-0.2, 0) is 21.8 Å². The third-order valence-corrected chi connectivity index (χ3v) is 22.1. The zero-order valence-electron chi connectivity index (χ0n) is 48.0. The Morgan fingerprint density at radius 2 is 0.407 bits per heavy atom. The van der Waals surface area contributed by atoms with Crippen molar-refractivity contribution >= 4 is 68.7 Å². The number of aryl methyl sites for hydroxylation is 12. The van der Waals surface area contributed by atoms with Crippen LogP contribution in [-0.4, -0.2) is 0 Å². The molecule has 0 atom stereocenters. The van der Waals surface area contributed by atoms with E-state index in [1.807, 2.05) is 23.5 Å². The third kappa shape index (κ3) is 26.9. The monoisotopic (exact) mass is 1470 g/mol. The van der Waals surface area contributed by atoms with Gasteiger partial charge in [-0.25, -0.2) is 0 Å². The van der Waals surface area contributed by atoms with E-state index in [2.05, 4.69) is 229 Å². The zero-order valence-corrected chi connectivity index (χ0v) is 56.1. The maximum atomic E-state index is 9.87. The molecule has 0 saturated heterocycles. The summed E-state index contributed by atoms with van der Waals surface area (Å²) in [5.74, 6) is 0. The van der Waals surface area contributed by atoms with Gasteiger partial charge in [0.25, 0.3) is 0 Å². The van der Waals surface area contributed by atoms with Crippen LogP contribution in [0.4, 0.5) is 75.5 Å². The summed E-state index contributed by atoms with van der Waals surface area (Å²) in [5.41, 5.74) is 16.3. The van der Waals surface area contributed by atoms with Gasteiger partial charge in [0.1, 0.15) is 21.8 Å². The van der Waals surface area contributed by atoms with E-state index in [1.54, 1.807) is 0 Å². The molecule has 8 aromatic carbocycles. The molecule has 8 rings (SSSR count). The van der Waals surface area contributed by atoms with Gasteiger partial charge in [-0.3, -0.25) is 0 Å². The summed E-state index contributed by atoms with van der Waals surface area (Å²) in [7, 11) is -32.4. The molecule has 0 fully saturated rings. The SMILES string of the molecule is Cc1cc(C)c([S+](c2ccc(Sc3ccc([I+]c4ccc(Sc5ccc([S+](c6c(C)cc(C)cc6C)c6c(C)cc(C)cc6C)cc5)cc4)cc3)cc2)c2c(C)cc(C)cc2C)c(C)c1.F[P-](F)(F)(F)(F)F.F[P-](F)(F)(F)(F)F.F[P-](F)(F)(F)(F)F. The first-order valence-electron chi connectivity index (χ1n) is 25.4. The van der Waals surface area contributed by atoms with Crippen molar-refractivity contribution in [3.05, 3.63) is 219 Å². The van der Waals surface area contributed by atoms with Crippen molar-refractivity contribution in [2.45, 2.75) is 132 Å². The molecule has 26 heteroatoms. The maximum absolute atomic E-state index is 10.7. The number of hydrogen-bond acceptors (Lipinski definition) is 2. The van der Waals surface area contributed by atoms with Gasteiger partial charge in [0.2, 0.25) is 0 Å². The van der Waals surface area contributed by atoms with Crippen molar-refractivity contribution in [2.75, 3.05) is 0 Å². The summed E-state index contributed by atoms with van der Waals surface area (Å²) in [6.07, 6.45) is 0. The van der Waals surface area contributed by atoms with E-state index in [1.165, 1.54) is 123 Å². The molecular formula is C60H60F18IP3S4. The summed E-state index contributed by atoms with van der Waals surface area (Å²) < 4.78 is 180. The number of rotatable bonds is 12. The Hall–Kier alpha value is -4.08. The second-order valence-electron chi connectivity index (χ2n) is 20.5. The molecular weight excluding hydrogens is 1410 g/mol. The Bertz CT molecular complexity index is 3260. The van der Waals surface area contributed by atoms with Crippen LogP contribution in [0.5, 0.6) is 0 Å². The second-order valence-corrected chi connectivity index (χ2v) is 35.4. The Morgan fingerprint density at radius 3 is 0.570 bits per heavy atom. The van der Waals surface area contributed by atoms with Gasteiger partial charge in [-0.05, 0) is 180 Å². The van der Waals surface area contributed by atoms with Gasteiger partial charge in [0, 0.05) is 64.1 Å². The average Bonchev–Trinajstić information content (AvgIpc) is 0.894. The van der Waals surface area contributed by atoms with Crippen LogP contribution in [0.3, 0.4) is 0 Å². The zero-order chi connectivity index (χ0) is 65.3. The molecule has 0 amide bonds. The first kappa shape index (κ1) is 72.7. The van der Waals surface area contributed by atoms with Gasteiger partial charge in [-0.15, -0.1) is 0 Å². The van der Waals surface area contributed by atoms with Crippen molar-refractivity contribution in [3.8, 4) is 0 Å². The molecule has 0 aliphatic rings. The Morgan fingerprint density at radius 1 is 0.256 bits per heavy atom. The van der Waals surface area contributed by atoms with E-state index in [0.29, 0.717) is 0 Å². The average molecular weight is 1470 g/mol. The summed E-state index contributed by atoms with van der Waals surface area (Å²) >= 11 is 3.42. The predicted octanol–water partition coefficient (Wildman–Crippen LogP) is 24.2. The van der Waals surface area contributed by atoms with Crippen LogP contribution in [0.15, 0.2) is 195 Å². The van der Waals surface area contributed by atoms with E-state index in [0.717, 1.165) is 0 Å². The summed E-state index contributed by atoms with van der Waals surface area (Å²) in [6, 6.07) is 56.2. The fourth-order valence-corrected chi connectivity index (χ4v) is 18.5. The molecule has 0 saturated carbocycles. The molecule has 0 bridgehead atoms. The van der Waals surface area contributed by atoms with Crippen LogP contribution >= 0.6 is 46.9 Å². The minimum atomic E-state index is -10.7. The van der Waals surface area contributed by atoms with Crippen molar-refractivity contribution in [3.63, 3.8) is 0 Å². The van der Waals surface area contributed by atoms with Crippen LogP contribution in [0, 0.1) is 90.2 Å². The summed E-state index contributed by atoms with van der Waals surface area (Å²) in [5, 5.41) is 0. The van der Waals surface area contributed by atoms with Crippen molar-refractivity contribution in [1.29, 1.82) is 0 Å². The molecule has 0 nitrogen and oxygen atoms in total. The van der Waals surface area contributed by atoms with Gasteiger partial charge in [-0.1, -0.05) is 94.3 Å². The van der Waals surface area contributed by atoms with Crippen molar-refractivity contribution in [1.82, 2.24) is 0 Å². The minimum absolute atomic E-state index is 0.193. The fourth-order valence-electron chi connectivity index (χ4n) is 9.45. The van der Waals surface area contributed by atoms with Gasteiger partial charge < -0.3 is 0 Å². The number of hydrogen-bond donors (Lipinski definition) is 0. The molecule has 0 spiro atoms. The van der Waals surface area contributed by atoms with Crippen LogP contribution in [0.2, 0.25) is 0 Å². The Labute approximate surface area is 513 Å². The Balaban J connectivity index is 0.000000548. The molecule has 8 aromatic rings. The van der Waals surface area contributed by atoms with Gasteiger partial charge in [0.15, 0.2) is 36.5 Å². The first-order valence-corrected chi connectivity index (χ1v) is 37.7. The topological polar surface area (TPSA) is 0 Å². The van der Waals surface area contributed by atoms with Gasteiger partial charge in [-0.2, -0.15) is 0 Å². The van der Waals surface area contributed by atoms with Gasteiger partial charge >= 0.3 is 120 Å². The molecule has 0 radical (unpaired) electrons. The molecule has 0 unspecified atom stereocenters. The molecule has 0 heterocycles. The standard InChI is InChI=1S/C60H60IS4.3F6P/c1-37-29-41(5)57(42(6)30-37)64(58-43(7)31-38(2)32-44(58)8)55-25-21-53(22-26-55)62-51-17-13-49(14-18-51)61-50-15-19-52(20-16-50)63-54-23-27-56(28-24-54)65(59-45(9)33-39(3)34-46(59)10)60-47(11)35-40(4)36-48(60)12;3*1-7(2,3,4,5)6/h13-36H,1-12H3;;;/q+3;3*-1. The second kappa shape index (κ2) is 24.3. The molecule has 0 aromatic heterocycles. The number of halogens is 19. The van der Waals surface area contributed by atoms with Crippen molar-refractivity contribution < 1.29 is 96.7 Å². The van der Waals surface area contributed by atoms with E-state index >= 15 is 0 Å². The van der Waals surface area contributed by atoms with E-state index < -0.39 is 23.4 Å². The molecule has 0 aliphatic carbocycles. The predicted molar refractivity (Wildman–Crippen MR) is 319 cm³/mol. The fraction of sp³-hybridized carbons (Fsp3) is 0.200. The van der Waals surface area contributed by atoms with E-state index in [4.69, 9.17) is 0 Å². The normalized spacial score (nSPS) is 14.4. The quantitative estimate of drug-likeness (QED) is 0.0517. The molecule has 86 heavy (non-hydrogen) atoms. The third-order valence-electron chi connectivity index (χ3n) is 11.7. The summed E-state index contributed by atoms with van der Waals surface area (Å²) in [4.78, 5) is 13.7. The molecule has 0 aliphatic heterocycles. The van der Waals surface area contributed by atoms with E-state index in [-0.39, 0.29) is 43.0 Å². The van der Waals surface area contributed by atoms with Crippen LogP contribution < -0.4 is 21.2 Å². The Kier molecular flexibility index (Phi) is 20.5.